The first kappa shape index (κ1) is 14.4. The van der Waals surface area contributed by atoms with Crippen LogP contribution in [-0.4, -0.2) is 40.2 Å². The number of aromatic nitrogens is 3. The SMILES string of the molecule is CC1c2ccccc2CN1C(=O)NCc1nc(N(C)C)n[nH]1. The third-order valence-corrected chi connectivity index (χ3v) is 3.90. The van der Waals surface area contributed by atoms with Gasteiger partial charge in [-0.2, -0.15) is 4.98 Å². The van der Waals surface area contributed by atoms with Gasteiger partial charge in [-0.25, -0.2) is 4.79 Å². The molecule has 2 N–H and O–H groups in total. The van der Waals surface area contributed by atoms with E-state index in [1.807, 2.05) is 38.1 Å². The summed E-state index contributed by atoms with van der Waals surface area (Å²) in [6.07, 6.45) is 0. The zero-order valence-corrected chi connectivity index (χ0v) is 13.0. The van der Waals surface area contributed by atoms with Crippen molar-refractivity contribution in [1.29, 1.82) is 0 Å². The second-order valence-corrected chi connectivity index (χ2v) is 5.64. The van der Waals surface area contributed by atoms with E-state index in [4.69, 9.17) is 0 Å². The number of aromatic amines is 1. The summed E-state index contributed by atoms with van der Waals surface area (Å²) in [5, 5.41) is 9.78. The highest BCUT2D eigenvalue weighted by Gasteiger charge is 2.29. The van der Waals surface area contributed by atoms with Crippen LogP contribution in [0.4, 0.5) is 10.7 Å². The van der Waals surface area contributed by atoms with Crippen molar-refractivity contribution in [3.8, 4) is 0 Å². The Labute approximate surface area is 129 Å². The van der Waals surface area contributed by atoms with E-state index in [9.17, 15) is 4.79 Å². The first-order valence-electron chi connectivity index (χ1n) is 7.27. The summed E-state index contributed by atoms with van der Waals surface area (Å²) >= 11 is 0. The molecule has 2 heterocycles. The van der Waals surface area contributed by atoms with Gasteiger partial charge in [-0.3, -0.25) is 5.10 Å². The van der Waals surface area contributed by atoms with Crippen LogP contribution < -0.4 is 10.2 Å². The first-order valence-corrected chi connectivity index (χ1v) is 7.27. The number of rotatable bonds is 3. The van der Waals surface area contributed by atoms with Gasteiger partial charge in [-0.1, -0.05) is 24.3 Å². The van der Waals surface area contributed by atoms with E-state index in [0.29, 0.717) is 24.9 Å². The molecule has 1 unspecified atom stereocenters. The van der Waals surface area contributed by atoms with Crippen LogP contribution in [0.2, 0.25) is 0 Å². The van der Waals surface area contributed by atoms with Gasteiger partial charge in [0, 0.05) is 20.6 Å². The topological polar surface area (TPSA) is 77.2 Å². The predicted octanol–water partition coefficient (Wildman–Crippen LogP) is 1.66. The maximum absolute atomic E-state index is 12.4. The van der Waals surface area contributed by atoms with E-state index in [2.05, 4.69) is 32.6 Å². The summed E-state index contributed by atoms with van der Waals surface area (Å²) in [6.45, 7) is 3.02. The van der Waals surface area contributed by atoms with Gasteiger partial charge in [0.25, 0.3) is 0 Å². The van der Waals surface area contributed by atoms with Crippen LogP contribution in [0.15, 0.2) is 24.3 Å². The highest BCUT2D eigenvalue weighted by molar-refractivity contribution is 5.75. The largest absolute Gasteiger partial charge is 0.346 e. The Morgan fingerprint density at radius 2 is 2.23 bits per heavy atom. The molecule has 0 fully saturated rings. The molecule has 2 amide bonds. The summed E-state index contributed by atoms with van der Waals surface area (Å²) < 4.78 is 0. The highest BCUT2D eigenvalue weighted by atomic mass is 16.2. The Bertz CT molecular complexity index is 680. The van der Waals surface area contributed by atoms with Crippen LogP contribution in [0.25, 0.3) is 0 Å². The smallest absolute Gasteiger partial charge is 0.318 e. The second kappa shape index (κ2) is 5.67. The first-order chi connectivity index (χ1) is 10.6. The summed E-state index contributed by atoms with van der Waals surface area (Å²) in [7, 11) is 3.74. The molecule has 1 aliphatic rings. The molecule has 7 heteroatoms. The average molecular weight is 300 g/mol. The molecule has 7 nitrogen and oxygen atoms in total. The molecule has 1 aromatic carbocycles. The van der Waals surface area contributed by atoms with Gasteiger partial charge < -0.3 is 15.1 Å². The van der Waals surface area contributed by atoms with Crippen molar-refractivity contribution in [3.05, 3.63) is 41.2 Å². The van der Waals surface area contributed by atoms with Crippen LogP contribution in [0.5, 0.6) is 0 Å². The number of fused-ring (bicyclic) bond motifs is 1. The minimum absolute atomic E-state index is 0.0864. The molecule has 22 heavy (non-hydrogen) atoms. The molecule has 0 bridgehead atoms. The molecule has 1 aliphatic heterocycles. The molecule has 0 radical (unpaired) electrons. The minimum Gasteiger partial charge on any atom is -0.346 e. The van der Waals surface area contributed by atoms with E-state index in [0.717, 1.165) is 0 Å². The number of benzene rings is 1. The van der Waals surface area contributed by atoms with Crippen molar-refractivity contribution < 1.29 is 4.79 Å². The number of hydrogen-bond acceptors (Lipinski definition) is 4. The summed E-state index contributed by atoms with van der Waals surface area (Å²) in [6, 6.07) is 8.15. The quantitative estimate of drug-likeness (QED) is 0.903. The monoisotopic (exact) mass is 300 g/mol. The summed E-state index contributed by atoms with van der Waals surface area (Å²) in [4.78, 5) is 20.3. The molecule has 0 saturated heterocycles. The molecule has 1 atom stereocenters. The lowest BCUT2D eigenvalue weighted by Gasteiger charge is -2.22. The average Bonchev–Trinajstić information content (AvgIpc) is 3.11. The number of H-pyrrole nitrogens is 1. The normalized spacial score (nSPS) is 16.5. The standard InChI is InChI=1S/C15H20N6O/c1-10-12-7-5-4-6-11(12)9-21(10)15(22)16-8-13-17-14(19-18-13)20(2)3/h4-7,10H,8-9H2,1-3H3,(H,16,22)(H,17,18,19). The van der Waals surface area contributed by atoms with Crippen molar-refractivity contribution >= 4 is 12.0 Å². The zero-order valence-electron chi connectivity index (χ0n) is 13.0. The number of carbonyl (C=O) groups is 1. The van der Waals surface area contributed by atoms with Gasteiger partial charge >= 0.3 is 6.03 Å². The Kier molecular flexibility index (Phi) is 3.70. The number of nitrogens with zero attached hydrogens (tertiary/aromatic N) is 4. The van der Waals surface area contributed by atoms with Gasteiger partial charge in [-0.15, -0.1) is 5.10 Å². The van der Waals surface area contributed by atoms with Gasteiger partial charge in [0.15, 0.2) is 0 Å². The second-order valence-electron chi connectivity index (χ2n) is 5.64. The van der Waals surface area contributed by atoms with Crippen molar-refractivity contribution in [3.63, 3.8) is 0 Å². The number of hydrogen-bond donors (Lipinski definition) is 2. The Hall–Kier alpha value is -2.57. The fraction of sp³-hybridized carbons (Fsp3) is 0.400. The Balaban J connectivity index is 1.61. The van der Waals surface area contributed by atoms with Crippen molar-refractivity contribution in [2.24, 2.45) is 0 Å². The fourth-order valence-corrected chi connectivity index (χ4v) is 2.65. The zero-order chi connectivity index (χ0) is 15.7. The molecule has 0 saturated carbocycles. The molecule has 116 valence electrons. The lowest BCUT2D eigenvalue weighted by atomic mass is 10.1. The number of nitrogens with one attached hydrogen (secondary N) is 2. The lowest BCUT2D eigenvalue weighted by Crippen LogP contribution is -2.37. The number of urea groups is 1. The molecule has 3 rings (SSSR count). The summed E-state index contributed by atoms with van der Waals surface area (Å²) in [5.74, 6) is 1.24. The third-order valence-electron chi connectivity index (χ3n) is 3.90. The van der Waals surface area contributed by atoms with Gasteiger partial charge in [0.05, 0.1) is 12.6 Å². The number of amides is 2. The van der Waals surface area contributed by atoms with E-state index >= 15 is 0 Å². The van der Waals surface area contributed by atoms with Gasteiger partial charge in [0.1, 0.15) is 5.82 Å². The molecule has 1 aromatic heterocycles. The maximum atomic E-state index is 12.4. The van der Waals surface area contributed by atoms with Crippen LogP contribution in [0.3, 0.4) is 0 Å². The molecule has 2 aromatic rings. The number of anilines is 1. The maximum Gasteiger partial charge on any atom is 0.318 e. The van der Waals surface area contributed by atoms with E-state index in [-0.39, 0.29) is 12.1 Å². The van der Waals surface area contributed by atoms with Crippen molar-refractivity contribution in [2.75, 3.05) is 19.0 Å². The Morgan fingerprint density at radius 1 is 1.45 bits per heavy atom. The number of carbonyl (C=O) groups excluding carboxylic acids is 1. The van der Waals surface area contributed by atoms with E-state index in [1.54, 1.807) is 4.90 Å². The molecular formula is C15H20N6O. The highest BCUT2D eigenvalue weighted by Crippen LogP contribution is 2.32. The van der Waals surface area contributed by atoms with Crippen LogP contribution >= 0.6 is 0 Å². The van der Waals surface area contributed by atoms with E-state index < -0.39 is 0 Å². The van der Waals surface area contributed by atoms with Gasteiger partial charge in [0.2, 0.25) is 5.95 Å². The van der Waals surface area contributed by atoms with Crippen LogP contribution in [-0.2, 0) is 13.1 Å². The predicted molar refractivity (Wildman–Crippen MR) is 83.3 cm³/mol. The van der Waals surface area contributed by atoms with Crippen LogP contribution in [0.1, 0.15) is 29.9 Å². The minimum atomic E-state index is -0.0912. The Morgan fingerprint density at radius 3 is 2.91 bits per heavy atom. The lowest BCUT2D eigenvalue weighted by molar-refractivity contribution is 0.184. The van der Waals surface area contributed by atoms with Crippen molar-refractivity contribution in [2.45, 2.75) is 26.1 Å². The fourth-order valence-electron chi connectivity index (χ4n) is 2.65. The molecule has 0 aliphatic carbocycles. The molecular weight excluding hydrogens is 280 g/mol. The van der Waals surface area contributed by atoms with Crippen LogP contribution in [0, 0.1) is 0 Å². The van der Waals surface area contributed by atoms with Gasteiger partial charge in [-0.05, 0) is 18.1 Å². The summed E-state index contributed by atoms with van der Waals surface area (Å²) in [5.41, 5.74) is 2.42. The third kappa shape index (κ3) is 2.61. The van der Waals surface area contributed by atoms with Crippen molar-refractivity contribution in [1.82, 2.24) is 25.4 Å². The van der Waals surface area contributed by atoms with E-state index in [1.165, 1.54) is 11.1 Å². The molecule has 0 spiro atoms.